The lowest BCUT2D eigenvalue weighted by atomic mass is 10.1. The van der Waals surface area contributed by atoms with E-state index < -0.39 is 11.8 Å². The first kappa shape index (κ1) is 21.3. The number of carbonyl (C=O) groups is 2. The summed E-state index contributed by atoms with van der Waals surface area (Å²) in [5.41, 5.74) is 2.19. The van der Waals surface area contributed by atoms with Crippen LogP contribution in [0.25, 0.3) is 0 Å². The normalized spacial score (nSPS) is 12.2. The van der Waals surface area contributed by atoms with Gasteiger partial charge in [-0.3, -0.25) is 9.59 Å². The summed E-state index contributed by atoms with van der Waals surface area (Å²) in [5, 5.41) is 13.9. The van der Waals surface area contributed by atoms with E-state index in [1.807, 2.05) is 13.8 Å². The van der Waals surface area contributed by atoms with Crippen LogP contribution in [0.1, 0.15) is 20.8 Å². The summed E-state index contributed by atoms with van der Waals surface area (Å²) in [6.07, 6.45) is 9.67. The molecule has 0 aromatic rings. The van der Waals surface area contributed by atoms with Crippen LogP contribution in [0.5, 0.6) is 0 Å². The average Bonchev–Trinajstić information content (AvgIpc) is 2.52. The van der Waals surface area contributed by atoms with Crippen molar-refractivity contribution in [3.63, 3.8) is 0 Å². The molecule has 0 aromatic heterocycles. The summed E-state index contributed by atoms with van der Waals surface area (Å²) < 4.78 is 0. The molecule has 0 heterocycles. The maximum atomic E-state index is 12.3. The van der Waals surface area contributed by atoms with Gasteiger partial charge in [0.2, 0.25) is 0 Å². The first-order valence-corrected chi connectivity index (χ1v) is 7.54. The summed E-state index contributed by atoms with van der Waals surface area (Å²) in [6, 6.07) is 0. The summed E-state index contributed by atoms with van der Waals surface area (Å²) in [5.74, 6) is -0.931. The molecule has 5 nitrogen and oxygen atoms in total. The second kappa shape index (κ2) is 11.8. The molecule has 0 saturated carbocycles. The van der Waals surface area contributed by atoms with E-state index >= 15 is 0 Å². The van der Waals surface area contributed by atoms with Gasteiger partial charge >= 0.3 is 0 Å². The minimum atomic E-state index is -0.486. The fraction of sp³-hybridized carbons (Fsp3) is 0.263. The van der Waals surface area contributed by atoms with E-state index in [1.54, 1.807) is 31.2 Å². The third-order valence-electron chi connectivity index (χ3n) is 2.72. The SMILES string of the molecule is C=C/C=C(C)/C=C(\NC(=O)/C(C=C)=C/C=C(C)C)C(=O)NCCO. The summed E-state index contributed by atoms with van der Waals surface area (Å²) in [4.78, 5) is 24.5. The molecule has 0 bridgehead atoms. The molecule has 24 heavy (non-hydrogen) atoms. The van der Waals surface area contributed by atoms with E-state index in [-0.39, 0.29) is 18.8 Å². The molecule has 0 radical (unpaired) electrons. The Bertz CT molecular complexity index is 604. The lowest BCUT2D eigenvalue weighted by Gasteiger charge is -2.11. The maximum Gasteiger partial charge on any atom is 0.267 e. The van der Waals surface area contributed by atoms with Crippen LogP contribution < -0.4 is 10.6 Å². The van der Waals surface area contributed by atoms with Crippen molar-refractivity contribution in [2.24, 2.45) is 0 Å². The van der Waals surface area contributed by atoms with Crippen LogP contribution in [0.2, 0.25) is 0 Å². The van der Waals surface area contributed by atoms with Crippen molar-refractivity contribution in [1.82, 2.24) is 10.6 Å². The number of amides is 2. The van der Waals surface area contributed by atoms with Gasteiger partial charge in [0.25, 0.3) is 11.8 Å². The standard InChI is InChI=1S/C19H26N2O3/c1-6-8-15(5)13-17(19(24)20-11-12-22)21-18(23)16(7-2)10-9-14(3)4/h6-10,13,22H,1-2,11-12H2,3-5H3,(H,20,24)(H,21,23)/b15-8+,16-10+,17-13-. The van der Waals surface area contributed by atoms with Gasteiger partial charge in [0.1, 0.15) is 5.70 Å². The smallest absolute Gasteiger partial charge is 0.267 e. The highest BCUT2D eigenvalue weighted by Crippen LogP contribution is 2.05. The molecule has 0 aliphatic heterocycles. The highest BCUT2D eigenvalue weighted by molar-refractivity contribution is 6.04. The zero-order valence-electron chi connectivity index (χ0n) is 14.6. The average molecular weight is 330 g/mol. The predicted octanol–water partition coefficient (Wildman–Crippen LogP) is 2.31. The molecule has 2 amide bonds. The van der Waals surface area contributed by atoms with E-state index in [0.29, 0.717) is 5.57 Å². The Labute approximate surface area is 143 Å². The van der Waals surface area contributed by atoms with Crippen molar-refractivity contribution in [3.05, 3.63) is 72.0 Å². The van der Waals surface area contributed by atoms with Gasteiger partial charge in [-0.1, -0.05) is 43.0 Å². The second-order valence-electron chi connectivity index (χ2n) is 5.21. The Morgan fingerprint density at radius 2 is 1.71 bits per heavy atom. The van der Waals surface area contributed by atoms with E-state index in [2.05, 4.69) is 23.8 Å². The number of rotatable bonds is 9. The van der Waals surface area contributed by atoms with Gasteiger partial charge in [-0.15, -0.1) is 0 Å². The highest BCUT2D eigenvalue weighted by atomic mass is 16.3. The van der Waals surface area contributed by atoms with E-state index in [1.165, 1.54) is 12.2 Å². The van der Waals surface area contributed by atoms with Gasteiger partial charge in [0, 0.05) is 12.1 Å². The van der Waals surface area contributed by atoms with E-state index in [4.69, 9.17) is 5.11 Å². The Balaban J connectivity index is 5.48. The van der Waals surface area contributed by atoms with Gasteiger partial charge in [-0.25, -0.2) is 0 Å². The Morgan fingerprint density at radius 1 is 1.04 bits per heavy atom. The number of carbonyl (C=O) groups excluding carboxylic acids is 2. The van der Waals surface area contributed by atoms with Crippen LogP contribution in [-0.2, 0) is 9.59 Å². The molecule has 0 unspecified atom stereocenters. The van der Waals surface area contributed by atoms with Crippen LogP contribution in [0.15, 0.2) is 72.0 Å². The fourth-order valence-electron chi connectivity index (χ4n) is 1.57. The topological polar surface area (TPSA) is 78.4 Å². The minimum Gasteiger partial charge on any atom is -0.395 e. The van der Waals surface area contributed by atoms with Crippen LogP contribution in [0.4, 0.5) is 0 Å². The van der Waals surface area contributed by atoms with Gasteiger partial charge in [-0.2, -0.15) is 0 Å². The number of aliphatic hydroxyl groups is 1. The first-order valence-electron chi connectivity index (χ1n) is 7.54. The van der Waals surface area contributed by atoms with Crippen molar-refractivity contribution in [2.45, 2.75) is 20.8 Å². The van der Waals surface area contributed by atoms with E-state index in [9.17, 15) is 9.59 Å². The fourth-order valence-corrected chi connectivity index (χ4v) is 1.57. The van der Waals surface area contributed by atoms with Crippen molar-refractivity contribution in [2.75, 3.05) is 13.2 Å². The third kappa shape index (κ3) is 8.70. The number of allylic oxidation sites excluding steroid dienone is 7. The molecule has 0 fully saturated rings. The quantitative estimate of drug-likeness (QED) is 0.448. The van der Waals surface area contributed by atoms with Crippen LogP contribution in [0.3, 0.4) is 0 Å². The van der Waals surface area contributed by atoms with Gasteiger partial charge in [0.15, 0.2) is 0 Å². The molecule has 130 valence electrons. The molecule has 0 atom stereocenters. The molecule has 0 rings (SSSR count). The minimum absolute atomic E-state index is 0.0778. The molecule has 5 heteroatoms. The monoisotopic (exact) mass is 330 g/mol. The highest BCUT2D eigenvalue weighted by Gasteiger charge is 2.14. The lowest BCUT2D eigenvalue weighted by Crippen LogP contribution is -2.36. The van der Waals surface area contributed by atoms with Crippen LogP contribution in [-0.4, -0.2) is 30.1 Å². The summed E-state index contributed by atoms with van der Waals surface area (Å²) in [6.45, 7) is 12.7. The Kier molecular flexibility index (Phi) is 10.5. The van der Waals surface area contributed by atoms with Crippen LogP contribution in [0, 0.1) is 0 Å². The number of aliphatic hydroxyl groups excluding tert-OH is 1. The summed E-state index contributed by atoms with van der Waals surface area (Å²) in [7, 11) is 0. The largest absolute Gasteiger partial charge is 0.395 e. The van der Waals surface area contributed by atoms with Crippen molar-refractivity contribution in [1.29, 1.82) is 0 Å². The maximum absolute atomic E-state index is 12.3. The molecule has 0 aliphatic carbocycles. The van der Waals surface area contributed by atoms with Gasteiger partial charge in [-0.05, 0) is 38.5 Å². The van der Waals surface area contributed by atoms with Crippen molar-refractivity contribution < 1.29 is 14.7 Å². The Morgan fingerprint density at radius 3 is 2.21 bits per heavy atom. The third-order valence-corrected chi connectivity index (χ3v) is 2.72. The summed E-state index contributed by atoms with van der Waals surface area (Å²) >= 11 is 0. The van der Waals surface area contributed by atoms with Gasteiger partial charge in [0.05, 0.1) is 6.61 Å². The zero-order chi connectivity index (χ0) is 18.5. The van der Waals surface area contributed by atoms with Crippen LogP contribution >= 0.6 is 0 Å². The predicted molar refractivity (Wildman–Crippen MR) is 98.0 cm³/mol. The number of hydrogen-bond donors (Lipinski definition) is 3. The lowest BCUT2D eigenvalue weighted by molar-refractivity contribution is -0.121. The molecular formula is C19H26N2O3. The molecule has 0 spiro atoms. The Hall–Kier alpha value is -2.66. The van der Waals surface area contributed by atoms with E-state index in [0.717, 1.165) is 11.1 Å². The van der Waals surface area contributed by atoms with Gasteiger partial charge < -0.3 is 15.7 Å². The van der Waals surface area contributed by atoms with Crippen molar-refractivity contribution in [3.8, 4) is 0 Å². The first-order chi connectivity index (χ1) is 11.3. The molecular weight excluding hydrogens is 304 g/mol. The molecule has 3 N–H and O–H groups in total. The molecule has 0 saturated heterocycles. The molecule has 0 aromatic carbocycles. The second-order valence-corrected chi connectivity index (χ2v) is 5.21. The van der Waals surface area contributed by atoms with Crippen molar-refractivity contribution >= 4 is 11.8 Å². The number of nitrogens with one attached hydrogen (secondary N) is 2. The number of hydrogen-bond acceptors (Lipinski definition) is 3. The zero-order valence-corrected chi connectivity index (χ0v) is 14.6. The molecule has 0 aliphatic rings.